The lowest BCUT2D eigenvalue weighted by atomic mass is 9.89. The quantitative estimate of drug-likeness (QED) is 0.480. The summed E-state index contributed by atoms with van der Waals surface area (Å²) >= 11 is 0. The van der Waals surface area contributed by atoms with Crippen LogP contribution in [0.15, 0.2) is 25.7 Å². The first-order valence-corrected chi connectivity index (χ1v) is 4.91. The van der Waals surface area contributed by atoms with Crippen LogP contribution in [-0.2, 0) is 9.47 Å². The van der Waals surface area contributed by atoms with E-state index >= 15 is 0 Å². The molecule has 0 aromatic carbocycles. The molecular formula is C11H18O2. The maximum atomic E-state index is 5.29. The molecular weight excluding hydrogens is 164 g/mol. The second-order valence-electron chi connectivity index (χ2n) is 3.37. The van der Waals surface area contributed by atoms with Crippen molar-refractivity contribution in [2.45, 2.75) is 38.4 Å². The van der Waals surface area contributed by atoms with E-state index in [1.807, 2.05) is 0 Å². The maximum absolute atomic E-state index is 5.29. The molecule has 0 bridgehead atoms. The molecule has 1 rings (SSSR count). The zero-order chi connectivity index (χ0) is 9.52. The van der Waals surface area contributed by atoms with Crippen LogP contribution in [0.5, 0.6) is 0 Å². The number of hydrogen-bond acceptors (Lipinski definition) is 2. The van der Waals surface area contributed by atoms with Gasteiger partial charge in [0, 0.05) is 5.92 Å². The molecule has 0 aromatic rings. The smallest absolute Gasteiger partial charge is 0.242 e. The zero-order valence-corrected chi connectivity index (χ0v) is 8.08. The van der Waals surface area contributed by atoms with Gasteiger partial charge in [-0.3, -0.25) is 0 Å². The van der Waals surface area contributed by atoms with Gasteiger partial charge in [0.15, 0.2) is 0 Å². The molecule has 0 heterocycles. The molecule has 1 aliphatic rings. The molecule has 0 aliphatic heterocycles. The molecule has 0 atom stereocenters. The predicted octanol–water partition coefficient (Wildman–Crippen LogP) is 3.21. The molecule has 74 valence electrons. The highest BCUT2D eigenvalue weighted by Gasteiger charge is 2.24. The Bertz CT molecular complexity index is 149. The van der Waals surface area contributed by atoms with Gasteiger partial charge in [-0.05, 0) is 12.8 Å². The summed E-state index contributed by atoms with van der Waals surface area (Å²) in [4.78, 5) is 0. The zero-order valence-electron chi connectivity index (χ0n) is 8.08. The van der Waals surface area contributed by atoms with E-state index in [4.69, 9.17) is 9.47 Å². The van der Waals surface area contributed by atoms with E-state index in [-0.39, 0.29) is 6.29 Å². The van der Waals surface area contributed by atoms with Crippen LogP contribution in [0.2, 0.25) is 0 Å². The van der Waals surface area contributed by atoms with Gasteiger partial charge in [0.1, 0.15) is 0 Å². The molecule has 1 saturated carbocycles. The van der Waals surface area contributed by atoms with Crippen molar-refractivity contribution < 1.29 is 9.47 Å². The number of hydrogen-bond donors (Lipinski definition) is 0. The Morgan fingerprint density at radius 3 is 2.00 bits per heavy atom. The Balaban J connectivity index is 2.40. The highest BCUT2D eigenvalue weighted by molar-refractivity contribution is 4.72. The molecule has 1 aliphatic carbocycles. The SMILES string of the molecule is C=COC(OC=C)C1CCCCC1. The van der Waals surface area contributed by atoms with Crippen molar-refractivity contribution in [3.8, 4) is 0 Å². The largest absolute Gasteiger partial charge is 0.463 e. The molecule has 0 N–H and O–H groups in total. The fourth-order valence-corrected chi connectivity index (χ4v) is 1.85. The van der Waals surface area contributed by atoms with Crippen LogP contribution in [0.1, 0.15) is 32.1 Å². The second-order valence-corrected chi connectivity index (χ2v) is 3.37. The van der Waals surface area contributed by atoms with Gasteiger partial charge < -0.3 is 9.47 Å². The van der Waals surface area contributed by atoms with E-state index in [2.05, 4.69) is 13.2 Å². The first kappa shape index (κ1) is 10.2. The van der Waals surface area contributed by atoms with Crippen LogP contribution < -0.4 is 0 Å². The summed E-state index contributed by atoms with van der Waals surface area (Å²) in [5.41, 5.74) is 0. The Labute approximate surface area is 80.2 Å². The van der Waals surface area contributed by atoms with Gasteiger partial charge in [-0.2, -0.15) is 0 Å². The Hall–Kier alpha value is -0.920. The lowest BCUT2D eigenvalue weighted by Gasteiger charge is -2.28. The van der Waals surface area contributed by atoms with Crippen LogP contribution in [0.25, 0.3) is 0 Å². The fraction of sp³-hybridized carbons (Fsp3) is 0.636. The lowest BCUT2D eigenvalue weighted by molar-refractivity contribution is -0.108. The van der Waals surface area contributed by atoms with Crippen LogP contribution in [0.3, 0.4) is 0 Å². The lowest BCUT2D eigenvalue weighted by Crippen LogP contribution is -2.25. The summed E-state index contributed by atoms with van der Waals surface area (Å²) in [6, 6.07) is 0. The average Bonchev–Trinajstić information content (AvgIpc) is 2.19. The van der Waals surface area contributed by atoms with Gasteiger partial charge in [0.2, 0.25) is 6.29 Å². The Morgan fingerprint density at radius 2 is 1.54 bits per heavy atom. The molecule has 1 fully saturated rings. The van der Waals surface area contributed by atoms with Gasteiger partial charge in [-0.25, -0.2) is 0 Å². The van der Waals surface area contributed by atoms with E-state index in [0.717, 1.165) is 0 Å². The summed E-state index contributed by atoms with van der Waals surface area (Å²) < 4.78 is 10.6. The fourth-order valence-electron chi connectivity index (χ4n) is 1.85. The van der Waals surface area contributed by atoms with Crippen LogP contribution in [0, 0.1) is 5.92 Å². The van der Waals surface area contributed by atoms with Gasteiger partial charge in [-0.15, -0.1) is 0 Å². The van der Waals surface area contributed by atoms with E-state index < -0.39 is 0 Å². The molecule has 0 saturated heterocycles. The summed E-state index contributed by atoms with van der Waals surface area (Å²) in [5, 5.41) is 0. The summed E-state index contributed by atoms with van der Waals surface area (Å²) in [7, 11) is 0. The standard InChI is InChI=1S/C11H18O2/c1-3-12-11(13-4-2)10-8-6-5-7-9-10/h3-4,10-11H,1-2,5-9H2. The number of rotatable bonds is 5. The van der Waals surface area contributed by atoms with Gasteiger partial charge in [0.25, 0.3) is 0 Å². The monoisotopic (exact) mass is 182 g/mol. The second kappa shape index (κ2) is 5.68. The predicted molar refractivity (Wildman–Crippen MR) is 52.9 cm³/mol. The molecule has 0 radical (unpaired) electrons. The van der Waals surface area contributed by atoms with Crippen molar-refractivity contribution in [2.24, 2.45) is 5.92 Å². The summed E-state index contributed by atoms with van der Waals surface area (Å²) in [6.45, 7) is 7.08. The Morgan fingerprint density at radius 1 is 1.00 bits per heavy atom. The van der Waals surface area contributed by atoms with Crippen molar-refractivity contribution in [1.29, 1.82) is 0 Å². The molecule has 2 heteroatoms. The minimum absolute atomic E-state index is 0.171. The third-order valence-electron chi connectivity index (χ3n) is 2.50. The molecule has 13 heavy (non-hydrogen) atoms. The van der Waals surface area contributed by atoms with E-state index in [0.29, 0.717) is 5.92 Å². The summed E-state index contributed by atoms with van der Waals surface area (Å²) in [6.07, 6.45) is 9.00. The highest BCUT2D eigenvalue weighted by atomic mass is 16.7. The van der Waals surface area contributed by atoms with Crippen molar-refractivity contribution in [1.82, 2.24) is 0 Å². The first-order chi connectivity index (χ1) is 6.38. The van der Waals surface area contributed by atoms with Gasteiger partial charge >= 0.3 is 0 Å². The summed E-state index contributed by atoms with van der Waals surface area (Å²) in [5.74, 6) is 0.504. The number of ether oxygens (including phenoxy) is 2. The van der Waals surface area contributed by atoms with Crippen molar-refractivity contribution >= 4 is 0 Å². The van der Waals surface area contributed by atoms with Crippen molar-refractivity contribution in [3.05, 3.63) is 25.7 Å². The first-order valence-electron chi connectivity index (χ1n) is 4.91. The molecule has 0 aromatic heterocycles. The minimum Gasteiger partial charge on any atom is -0.463 e. The topological polar surface area (TPSA) is 18.5 Å². The molecule has 2 nitrogen and oxygen atoms in total. The maximum Gasteiger partial charge on any atom is 0.242 e. The normalized spacial score (nSPS) is 18.2. The van der Waals surface area contributed by atoms with Gasteiger partial charge in [0.05, 0.1) is 12.5 Å². The van der Waals surface area contributed by atoms with E-state index in [1.165, 1.54) is 44.6 Å². The van der Waals surface area contributed by atoms with Crippen LogP contribution >= 0.6 is 0 Å². The van der Waals surface area contributed by atoms with Crippen molar-refractivity contribution in [2.75, 3.05) is 0 Å². The van der Waals surface area contributed by atoms with Gasteiger partial charge in [-0.1, -0.05) is 32.4 Å². The van der Waals surface area contributed by atoms with Crippen LogP contribution in [-0.4, -0.2) is 6.29 Å². The minimum atomic E-state index is -0.171. The van der Waals surface area contributed by atoms with E-state index in [9.17, 15) is 0 Å². The third kappa shape index (κ3) is 3.13. The van der Waals surface area contributed by atoms with Crippen molar-refractivity contribution in [3.63, 3.8) is 0 Å². The third-order valence-corrected chi connectivity index (χ3v) is 2.50. The average molecular weight is 182 g/mol. The Kier molecular flexibility index (Phi) is 4.44. The molecule has 0 spiro atoms. The molecule has 0 unspecified atom stereocenters. The highest BCUT2D eigenvalue weighted by Crippen LogP contribution is 2.28. The van der Waals surface area contributed by atoms with E-state index in [1.54, 1.807) is 0 Å². The molecule has 0 amide bonds. The van der Waals surface area contributed by atoms with Crippen LogP contribution in [0.4, 0.5) is 0 Å².